The van der Waals surface area contributed by atoms with E-state index < -0.39 is 71.5 Å². The summed E-state index contributed by atoms with van der Waals surface area (Å²) in [6, 6.07) is 14.7. The number of carbonyl (C=O) groups excluding carboxylic acids is 4. The Kier molecular flexibility index (Phi) is 21.7. The smallest absolute Gasteiger partial charge is 0.311 e. The molecule has 0 saturated carbocycles. The maximum atomic E-state index is 14.0. The number of methoxy groups -OCH3 is 1. The fourth-order valence-corrected chi connectivity index (χ4v) is 6.18. The van der Waals surface area contributed by atoms with E-state index >= 15 is 0 Å². The maximum Gasteiger partial charge on any atom is 0.311 e. The molecule has 0 aromatic heterocycles. The lowest BCUT2D eigenvalue weighted by molar-refractivity contribution is -0.144. The number of benzene rings is 3. The van der Waals surface area contributed by atoms with Crippen molar-refractivity contribution in [3.63, 3.8) is 0 Å². The number of halogens is 5. The summed E-state index contributed by atoms with van der Waals surface area (Å²) in [5.41, 5.74) is 4.52. The van der Waals surface area contributed by atoms with Crippen LogP contribution in [0, 0.1) is 29.1 Å². The van der Waals surface area contributed by atoms with Crippen LogP contribution in [0.4, 0.5) is 22.0 Å². The number of amides is 2. The zero-order valence-corrected chi connectivity index (χ0v) is 34.3. The Morgan fingerprint density at radius 3 is 1.71 bits per heavy atom. The van der Waals surface area contributed by atoms with Crippen LogP contribution >= 0.6 is 0 Å². The largest absolute Gasteiger partial charge is 0.465 e. The Labute approximate surface area is 355 Å². The molecule has 1 aliphatic carbocycles. The summed E-state index contributed by atoms with van der Waals surface area (Å²) in [4.78, 5) is 50.6. The minimum Gasteiger partial charge on any atom is -0.465 e. The fourth-order valence-electron chi connectivity index (χ4n) is 6.18. The van der Waals surface area contributed by atoms with Crippen molar-refractivity contribution in [2.24, 2.45) is 0 Å². The van der Waals surface area contributed by atoms with Crippen LogP contribution in [0.1, 0.15) is 49.1 Å². The van der Waals surface area contributed by atoms with E-state index in [-0.39, 0.29) is 84.1 Å². The van der Waals surface area contributed by atoms with Crippen molar-refractivity contribution in [2.75, 3.05) is 92.9 Å². The molecule has 340 valence electrons. The third kappa shape index (κ3) is 15.7. The molecule has 0 saturated heterocycles. The van der Waals surface area contributed by atoms with Crippen LogP contribution in [0.3, 0.4) is 0 Å². The number of rotatable bonds is 30. The van der Waals surface area contributed by atoms with Gasteiger partial charge in [0.05, 0.1) is 66.1 Å². The molecule has 3 aromatic carbocycles. The first-order valence-corrected chi connectivity index (χ1v) is 20.0. The van der Waals surface area contributed by atoms with Crippen LogP contribution in [0.5, 0.6) is 5.75 Å². The first-order chi connectivity index (χ1) is 30.0. The molecule has 4 rings (SSSR count). The molecule has 0 bridgehead atoms. The third-order valence-electron chi connectivity index (χ3n) is 9.28. The van der Waals surface area contributed by atoms with E-state index in [0.29, 0.717) is 32.8 Å². The van der Waals surface area contributed by atoms with E-state index in [4.69, 9.17) is 33.2 Å². The van der Waals surface area contributed by atoms with Crippen LogP contribution in [0.15, 0.2) is 48.5 Å². The predicted molar refractivity (Wildman–Crippen MR) is 211 cm³/mol. The first kappa shape index (κ1) is 49.6. The highest BCUT2D eigenvalue weighted by molar-refractivity contribution is 5.88. The van der Waals surface area contributed by atoms with Crippen molar-refractivity contribution >= 4 is 23.8 Å². The van der Waals surface area contributed by atoms with Crippen molar-refractivity contribution in [3.05, 3.63) is 88.7 Å². The van der Waals surface area contributed by atoms with Gasteiger partial charge in [-0.1, -0.05) is 48.5 Å². The van der Waals surface area contributed by atoms with Crippen LogP contribution in [-0.2, 0) is 52.3 Å². The Bertz CT molecular complexity index is 1850. The highest BCUT2D eigenvalue weighted by Gasteiger charge is 2.31. The summed E-state index contributed by atoms with van der Waals surface area (Å²) in [6.45, 7) is 2.78. The number of hydrogen-bond donors (Lipinski definition) is 2. The van der Waals surface area contributed by atoms with Crippen molar-refractivity contribution < 1.29 is 79.0 Å². The zero-order chi connectivity index (χ0) is 44.7. The second-order valence-corrected chi connectivity index (χ2v) is 13.6. The molecule has 2 N–H and O–H groups in total. The summed E-state index contributed by atoms with van der Waals surface area (Å²) in [5, 5.41) is 4.96. The van der Waals surface area contributed by atoms with E-state index in [1.807, 2.05) is 36.4 Å². The number of ether oxygens (including phenoxy) is 8. The average Bonchev–Trinajstić information content (AvgIpc) is 3.60. The first-order valence-electron chi connectivity index (χ1n) is 20.0. The van der Waals surface area contributed by atoms with Crippen LogP contribution in [0.2, 0.25) is 0 Å². The number of carbonyl (C=O) groups is 4. The van der Waals surface area contributed by atoms with Gasteiger partial charge >= 0.3 is 11.9 Å². The number of hydrogen-bond acceptors (Lipinski definition) is 12. The number of fused-ring (bicyclic) bond motifs is 3. The van der Waals surface area contributed by atoms with Crippen molar-refractivity contribution in [2.45, 2.75) is 44.1 Å². The number of nitrogens with one attached hydrogen (secondary N) is 2. The third-order valence-corrected chi connectivity index (χ3v) is 9.28. The second kappa shape index (κ2) is 27.1. The lowest BCUT2D eigenvalue weighted by Crippen LogP contribution is -2.48. The van der Waals surface area contributed by atoms with Gasteiger partial charge in [-0.2, -0.15) is 8.78 Å². The normalized spacial score (nSPS) is 12.4. The summed E-state index contributed by atoms with van der Waals surface area (Å²) >= 11 is 0. The second-order valence-electron chi connectivity index (χ2n) is 13.6. The topological polar surface area (TPSA) is 166 Å². The van der Waals surface area contributed by atoms with E-state index in [0.717, 1.165) is 22.3 Å². The molecule has 0 heterocycles. The molecular formula is C43H51F5N2O12. The molecule has 2 amide bonds. The molecule has 0 unspecified atom stereocenters. The lowest BCUT2D eigenvalue weighted by atomic mass is 9.98. The zero-order valence-electron chi connectivity index (χ0n) is 34.3. The van der Waals surface area contributed by atoms with Gasteiger partial charge in [-0.15, -0.1) is 0 Å². The summed E-state index contributed by atoms with van der Waals surface area (Å²) in [7, 11) is 1.56. The SMILES string of the molecule is COCCOCCOCCOCCNC(=O)[C@H](CCC(=O)Oc1c(F)c(F)c(F)c(F)c1F)NC(=O)CCOCCOCCCC(=O)OCC1c2ccccc2-c2ccccc21. The standard InChI is InChI=1S/C43H51F5N2O12/c1-55-19-20-59-25-26-60-24-23-58-18-15-49-43(54)33(12-13-36(53)62-42-40(47)38(45)37(44)39(46)41(42)48)50-34(51)14-17-57-22-21-56-16-6-11-35(52)61-27-32-30-9-4-2-7-28(30)29-8-3-5-10-31(29)32/h2-5,7-10,32-33H,6,11-27H2,1H3,(H,49,54)(H,50,51)/t33-/m0/s1. The van der Waals surface area contributed by atoms with Gasteiger partial charge in [-0.05, 0) is 35.1 Å². The van der Waals surface area contributed by atoms with Crippen LogP contribution in [0.25, 0.3) is 11.1 Å². The molecule has 0 aliphatic heterocycles. The van der Waals surface area contributed by atoms with Gasteiger partial charge in [0.15, 0.2) is 0 Å². The molecule has 62 heavy (non-hydrogen) atoms. The van der Waals surface area contributed by atoms with Crippen molar-refractivity contribution in [3.8, 4) is 16.9 Å². The van der Waals surface area contributed by atoms with Crippen LogP contribution < -0.4 is 15.4 Å². The highest BCUT2D eigenvalue weighted by Crippen LogP contribution is 2.44. The molecule has 0 spiro atoms. The molecule has 0 fully saturated rings. The van der Waals surface area contributed by atoms with Gasteiger partial charge in [0.25, 0.3) is 0 Å². The summed E-state index contributed by atoms with van der Waals surface area (Å²) < 4.78 is 111. The van der Waals surface area contributed by atoms with Gasteiger partial charge < -0.3 is 48.5 Å². The minimum atomic E-state index is -2.43. The molecule has 1 atom stereocenters. The number of esters is 2. The van der Waals surface area contributed by atoms with Crippen LogP contribution in [-0.4, -0.2) is 123 Å². The molecule has 1 aliphatic rings. The van der Waals surface area contributed by atoms with Gasteiger partial charge in [-0.25, -0.2) is 13.2 Å². The summed E-state index contributed by atoms with van der Waals surface area (Å²) in [6.07, 6.45) is -0.881. The molecule has 0 radical (unpaired) electrons. The van der Waals surface area contributed by atoms with Crippen molar-refractivity contribution in [1.29, 1.82) is 0 Å². The molecule has 3 aromatic rings. The average molecular weight is 883 g/mol. The summed E-state index contributed by atoms with van der Waals surface area (Å²) in [5.74, 6) is -16.8. The molecule has 14 nitrogen and oxygen atoms in total. The Morgan fingerprint density at radius 1 is 0.597 bits per heavy atom. The van der Waals surface area contributed by atoms with E-state index in [2.05, 4.69) is 27.5 Å². The lowest BCUT2D eigenvalue weighted by Gasteiger charge is -2.18. The van der Waals surface area contributed by atoms with Gasteiger partial charge in [0.1, 0.15) is 12.6 Å². The van der Waals surface area contributed by atoms with Gasteiger partial charge in [-0.3, -0.25) is 19.2 Å². The Balaban J connectivity index is 1.12. The van der Waals surface area contributed by atoms with E-state index in [1.165, 1.54) is 0 Å². The quantitative estimate of drug-likeness (QED) is 0.0232. The highest BCUT2D eigenvalue weighted by atomic mass is 19.2. The fraction of sp³-hybridized carbons (Fsp3) is 0.488. The van der Waals surface area contributed by atoms with E-state index in [1.54, 1.807) is 7.11 Å². The maximum absolute atomic E-state index is 14.0. The minimum absolute atomic E-state index is 0.0187. The molecular weight excluding hydrogens is 831 g/mol. The molecule has 19 heteroatoms. The van der Waals surface area contributed by atoms with Gasteiger partial charge in [0.2, 0.25) is 46.6 Å². The predicted octanol–water partition coefficient (Wildman–Crippen LogP) is 4.92. The van der Waals surface area contributed by atoms with Crippen molar-refractivity contribution in [1.82, 2.24) is 10.6 Å². The van der Waals surface area contributed by atoms with Gasteiger partial charge in [0, 0.05) is 45.4 Å². The Hall–Kier alpha value is -5.05. The Morgan fingerprint density at radius 2 is 1.11 bits per heavy atom. The monoisotopic (exact) mass is 882 g/mol. The van der Waals surface area contributed by atoms with E-state index in [9.17, 15) is 41.1 Å².